The second kappa shape index (κ2) is 8.82. The molecule has 1 fully saturated rings. The molecule has 3 heterocycles. The summed E-state index contributed by atoms with van der Waals surface area (Å²) in [6, 6.07) is 10.8. The zero-order chi connectivity index (χ0) is 20.3. The number of fused-ring (bicyclic) bond motifs is 3. The first-order valence-electron chi connectivity index (χ1n) is 11.3. The van der Waals surface area contributed by atoms with E-state index in [9.17, 15) is 0 Å². The summed E-state index contributed by atoms with van der Waals surface area (Å²) < 4.78 is 0. The minimum atomic E-state index is 0.849. The molecule has 0 radical (unpaired) electrons. The van der Waals surface area contributed by atoms with Crippen LogP contribution in [-0.4, -0.2) is 28.8 Å². The van der Waals surface area contributed by atoms with Crippen LogP contribution in [0.15, 0.2) is 35.4 Å². The van der Waals surface area contributed by atoms with Crippen molar-refractivity contribution >= 4 is 33.1 Å². The summed E-state index contributed by atoms with van der Waals surface area (Å²) in [4.78, 5) is 13.9. The Labute approximate surface area is 182 Å². The largest absolute Gasteiger partial charge is 0.331 e. The number of nitrogens with one attached hydrogen (secondary N) is 2. The molecule has 0 saturated carbocycles. The van der Waals surface area contributed by atoms with E-state index in [1.807, 2.05) is 11.3 Å². The van der Waals surface area contributed by atoms with Crippen molar-refractivity contribution in [3.8, 4) is 0 Å². The summed E-state index contributed by atoms with van der Waals surface area (Å²) in [5.74, 6) is 1.83. The van der Waals surface area contributed by atoms with E-state index in [1.165, 1.54) is 46.4 Å². The first-order valence-corrected chi connectivity index (χ1v) is 12.1. The minimum absolute atomic E-state index is 0.849. The molecule has 30 heavy (non-hydrogen) atoms. The molecule has 5 rings (SSSR count). The van der Waals surface area contributed by atoms with Gasteiger partial charge in [0.15, 0.2) is 5.82 Å². The van der Waals surface area contributed by atoms with Crippen molar-refractivity contribution in [1.29, 1.82) is 0 Å². The highest BCUT2D eigenvalue weighted by atomic mass is 32.1. The van der Waals surface area contributed by atoms with Crippen molar-refractivity contribution in [2.45, 2.75) is 58.4 Å². The van der Waals surface area contributed by atoms with E-state index >= 15 is 0 Å². The van der Waals surface area contributed by atoms with Crippen LogP contribution in [0.4, 0.5) is 5.82 Å². The lowest BCUT2D eigenvalue weighted by atomic mass is 9.97. The lowest BCUT2D eigenvalue weighted by Gasteiger charge is -2.24. The molecule has 2 aromatic heterocycles. The first-order chi connectivity index (χ1) is 14.8. The van der Waals surface area contributed by atoms with E-state index < -0.39 is 0 Å². The number of hydrogen-bond donors (Lipinski definition) is 2. The molecule has 0 atom stereocenters. The average molecular weight is 421 g/mol. The summed E-state index contributed by atoms with van der Waals surface area (Å²) in [7, 11) is 0. The Morgan fingerprint density at radius 3 is 2.63 bits per heavy atom. The third-order valence-corrected chi connectivity index (χ3v) is 7.51. The van der Waals surface area contributed by atoms with Crippen molar-refractivity contribution < 1.29 is 4.90 Å². The molecular formula is C24H30N5S+. The Morgan fingerprint density at radius 2 is 1.83 bits per heavy atom. The van der Waals surface area contributed by atoms with Gasteiger partial charge < -0.3 is 4.90 Å². The number of aromatic nitrogens is 2. The quantitative estimate of drug-likeness (QED) is 0.618. The minimum Gasteiger partial charge on any atom is -0.331 e. The van der Waals surface area contributed by atoms with Gasteiger partial charge in [0.2, 0.25) is 0 Å². The molecule has 1 aliphatic heterocycles. The van der Waals surface area contributed by atoms with Crippen LogP contribution in [-0.2, 0) is 25.8 Å². The van der Waals surface area contributed by atoms with E-state index in [4.69, 9.17) is 15.1 Å². The zero-order valence-corrected chi connectivity index (χ0v) is 18.5. The number of quaternary nitrogens is 1. The van der Waals surface area contributed by atoms with Crippen LogP contribution in [0.3, 0.4) is 0 Å². The second-order valence-electron chi connectivity index (χ2n) is 8.44. The number of nitrogens with zero attached hydrogens (tertiary/aromatic N) is 3. The van der Waals surface area contributed by atoms with Crippen molar-refractivity contribution in [3.05, 3.63) is 52.2 Å². The normalized spacial score (nSPS) is 19.0. The lowest BCUT2D eigenvalue weighted by Crippen LogP contribution is -3.11. The fourth-order valence-corrected chi connectivity index (χ4v) is 5.92. The smallest absolute Gasteiger partial charge is 0.159 e. The van der Waals surface area contributed by atoms with Gasteiger partial charge in [0.25, 0.3) is 0 Å². The number of piperidine rings is 1. The van der Waals surface area contributed by atoms with E-state index in [-0.39, 0.29) is 0 Å². The van der Waals surface area contributed by atoms with Crippen LogP contribution < -0.4 is 10.3 Å². The van der Waals surface area contributed by atoms with Crippen molar-refractivity contribution in [3.63, 3.8) is 0 Å². The monoisotopic (exact) mass is 420 g/mol. The standard InChI is InChI=1S/C24H29N5S/c1-2-21-25-23(22-19-10-6-7-11-20(19)30-24(22)26-21)28-27-18-12-14-29(15-13-18)16-17-8-4-3-5-9-17/h3-5,8-9H,2,6-7,10-16H2,1H3,(H,25,26,28)/p+1. The van der Waals surface area contributed by atoms with Gasteiger partial charge in [0.05, 0.1) is 18.5 Å². The Kier molecular flexibility index (Phi) is 5.77. The lowest BCUT2D eigenvalue weighted by molar-refractivity contribution is -0.914. The van der Waals surface area contributed by atoms with Gasteiger partial charge >= 0.3 is 0 Å². The van der Waals surface area contributed by atoms with Gasteiger partial charge in [-0.2, -0.15) is 5.10 Å². The zero-order valence-electron chi connectivity index (χ0n) is 17.7. The number of likely N-dealkylation sites (tertiary alicyclic amines) is 1. The van der Waals surface area contributed by atoms with Crippen LogP contribution in [0.1, 0.15) is 54.4 Å². The van der Waals surface area contributed by atoms with Crippen LogP contribution in [0.5, 0.6) is 0 Å². The number of rotatable bonds is 5. The molecule has 6 heteroatoms. The van der Waals surface area contributed by atoms with Crippen molar-refractivity contribution in [2.24, 2.45) is 5.10 Å². The number of anilines is 1. The van der Waals surface area contributed by atoms with Crippen LogP contribution in [0, 0.1) is 0 Å². The summed E-state index contributed by atoms with van der Waals surface area (Å²) in [6.07, 6.45) is 7.83. The average Bonchev–Trinajstić information content (AvgIpc) is 3.17. The number of hydrazone groups is 1. The molecule has 0 bridgehead atoms. The van der Waals surface area contributed by atoms with Gasteiger partial charge in [-0.3, -0.25) is 5.43 Å². The summed E-state index contributed by atoms with van der Waals surface area (Å²) in [5.41, 5.74) is 7.52. The van der Waals surface area contributed by atoms with Gasteiger partial charge in [0.1, 0.15) is 17.2 Å². The maximum absolute atomic E-state index is 4.83. The Balaban J connectivity index is 1.31. The maximum Gasteiger partial charge on any atom is 0.159 e. The molecule has 2 aliphatic rings. The highest BCUT2D eigenvalue weighted by Gasteiger charge is 2.22. The predicted octanol–water partition coefficient (Wildman–Crippen LogP) is 3.78. The number of hydrogen-bond acceptors (Lipinski definition) is 5. The van der Waals surface area contributed by atoms with Gasteiger partial charge in [0, 0.05) is 35.4 Å². The molecule has 0 spiro atoms. The van der Waals surface area contributed by atoms with E-state index in [0.717, 1.165) is 61.8 Å². The summed E-state index contributed by atoms with van der Waals surface area (Å²) in [6.45, 7) is 5.51. The maximum atomic E-state index is 4.83. The molecule has 5 nitrogen and oxygen atoms in total. The summed E-state index contributed by atoms with van der Waals surface area (Å²) in [5, 5.41) is 6.04. The van der Waals surface area contributed by atoms with Crippen molar-refractivity contribution in [2.75, 3.05) is 18.5 Å². The topological polar surface area (TPSA) is 54.6 Å². The Bertz CT molecular complexity index is 1050. The Hall–Kier alpha value is -2.31. The van der Waals surface area contributed by atoms with Crippen LogP contribution in [0.25, 0.3) is 10.2 Å². The van der Waals surface area contributed by atoms with E-state index in [1.54, 1.807) is 4.90 Å². The van der Waals surface area contributed by atoms with Gasteiger partial charge in [-0.25, -0.2) is 9.97 Å². The molecule has 156 valence electrons. The van der Waals surface area contributed by atoms with Gasteiger partial charge in [-0.1, -0.05) is 37.3 Å². The highest BCUT2D eigenvalue weighted by molar-refractivity contribution is 7.19. The third-order valence-electron chi connectivity index (χ3n) is 6.33. The first kappa shape index (κ1) is 19.6. The molecule has 0 amide bonds. The Morgan fingerprint density at radius 1 is 1.03 bits per heavy atom. The van der Waals surface area contributed by atoms with E-state index in [2.05, 4.69) is 42.7 Å². The molecule has 2 N–H and O–H groups in total. The SMILES string of the molecule is CCc1nc(NN=C2CC[NH+](Cc3ccccc3)CC2)c2c3c(sc2n1)CCCC3. The summed E-state index contributed by atoms with van der Waals surface area (Å²) >= 11 is 1.86. The predicted molar refractivity (Wildman–Crippen MR) is 125 cm³/mol. The number of thiophene rings is 1. The van der Waals surface area contributed by atoms with Crippen molar-refractivity contribution in [1.82, 2.24) is 9.97 Å². The van der Waals surface area contributed by atoms with Gasteiger partial charge in [-0.15, -0.1) is 11.3 Å². The van der Waals surface area contributed by atoms with E-state index in [0.29, 0.717) is 0 Å². The fraction of sp³-hybridized carbons (Fsp3) is 0.458. The van der Waals surface area contributed by atoms with Crippen LogP contribution >= 0.6 is 11.3 Å². The fourth-order valence-electron chi connectivity index (χ4n) is 4.64. The van der Waals surface area contributed by atoms with Gasteiger partial charge in [-0.05, 0) is 31.2 Å². The number of aryl methyl sites for hydroxylation is 3. The molecule has 1 saturated heterocycles. The van der Waals surface area contributed by atoms with Crippen LogP contribution in [0.2, 0.25) is 0 Å². The third kappa shape index (κ3) is 4.12. The molecular weight excluding hydrogens is 390 g/mol. The number of benzene rings is 1. The molecule has 1 aliphatic carbocycles. The highest BCUT2D eigenvalue weighted by Crippen LogP contribution is 2.38. The molecule has 3 aromatic rings. The second-order valence-corrected chi connectivity index (χ2v) is 9.52. The molecule has 1 aromatic carbocycles. The molecule has 0 unspecified atom stereocenters.